The third-order valence-corrected chi connectivity index (χ3v) is 4.76. The Kier molecular flexibility index (Phi) is 5.75. The highest BCUT2D eigenvalue weighted by Crippen LogP contribution is 2.28. The number of fused-ring (bicyclic) bond motifs is 1. The third-order valence-electron chi connectivity index (χ3n) is 4.76. The summed E-state index contributed by atoms with van der Waals surface area (Å²) in [7, 11) is 0. The number of piperazine rings is 1. The summed E-state index contributed by atoms with van der Waals surface area (Å²) in [6, 6.07) is 7.60. The number of hydrogen-bond acceptors (Lipinski definition) is 3. The van der Waals surface area contributed by atoms with Gasteiger partial charge in [-0.05, 0) is 45.7 Å². The number of nitrogens with one attached hydrogen (secondary N) is 1. The molecule has 3 rings (SSSR count). The van der Waals surface area contributed by atoms with Crippen molar-refractivity contribution >= 4 is 29.9 Å². The maximum atomic E-state index is 13.1. The van der Waals surface area contributed by atoms with Gasteiger partial charge in [-0.25, -0.2) is 0 Å². The van der Waals surface area contributed by atoms with Gasteiger partial charge in [0.2, 0.25) is 5.91 Å². The molecule has 5 nitrogen and oxygen atoms in total. The second-order valence-corrected chi connectivity index (χ2v) is 6.81. The molecule has 1 aromatic carbocycles. The summed E-state index contributed by atoms with van der Waals surface area (Å²) in [6.45, 7) is 7.41. The van der Waals surface area contributed by atoms with Gasteiger partial charge in [0.15, 0.2) is 0 Å². The van der Waals surface area contributed by atoms with E-state index in [0.29, 0.717) is 12.1 Å². The Balaban J connectivity index is 0.00000208. The van der Waals surface area contributed by atoms with Crippen molar-refractivity contribution in [3.63, 3.8) is 0 Å². The van der Waals surface area contributed by atoms with E-state index in [2.05, 4.69) is 5.32 Å². The first-order valence-electron chi connectivity index (χ1n) is 8.46. The quantitative estimate of drug-likeness (QED) is 0.911. The summed E-state index contributed by atoms with van der Waals surface area (Å²) in [5.41, 5.74) is 1.48. The monoisotopic (exact) mass is 351 g/mol. The van der Waals surface area contributed by atoms with Gasteiger partial charge in [0.1, 0.15) is 6.04 Å². The van der Waals surface area contributed by atoms with Gasteiger partial charge in [0.05, 0.1) is 5.56 Å². The van der Waals surface area contributed by atoms with Crippen LogP contribution < -0.4 is 5.32 Å². The molecule has 0 radical (unpaired) electrons. The van der Waals surface area contributed by atoms with Crippen LogP contribution in [0, 0.1) is 0 Å². The van der Waals surface area contributed by atoms with Gasteiger partial charge >= 0.3 is 0 Å². The summed E-state index contributed by atoms with van der Waals surface area (Å²) in [4.78, 5) is 29.3. The van der Waals surface area contributed by atoms with Crippen LogP contribution in [0.4, 0.5) is 5.69 Å². The second kappa shape index (κ2) is 7.43. The van der Waals surface area contributed by atoms with E-state index in [1.165, 1.54) is 0 Å². The smallest absolute Gasteiger partial charge is 0.256 e. The molecule has 24 heavy (non-hydrogen) atoms. The van der Waals surface area contributed by atoms with E-state index in [0.717, 1.165) is 25.1 Å². The fourth-order valence-electron chi connectivity index (χ4n) is 3.59. The molecule has 1 aromatic rings. The molecule has 0 aliphatic carbocycles. The van der Waals surface area contributed by atoms with E-state index < -0.39 is 0 Å². The summed E-state index contributed by atoms with van der Waals surface area (Å²) in [5, 5.41) is 3.32. The van der Waals surface area contributed by atoms with Gasteiger partial charge in [-0.15, -0.1) is 12.4 Å². The lowest BCUT2D eigenvalue weighted by atomic mass is 10.0. The van der Waals surface area contributed by atoms with Gasteiger partial charge < -0.3 is 15.1 Å². The predicted molar refractivity (Wildman–Crippen MR) is 97.7 cm³/mol. The first-order valence-corrected chi connectivity index (χ1v) is 8.46. The molecule has 0 spiro atoms. The van der Waals surface area contributed by atoms with E-state index in [-0.39, 0.29) is 42.3 Å². The van der Waals surface area contributed by atoms with E-state index in [9.17, 15) is 9.59 Å². The average Bonchev–Trinajstić information content (AvgIpc) is 2.99. The van der Waals surface area contributed by atoms with Gasteiger partial charge in [-0.2, -0.15) is 0 Å². The Morgan fingerprint density at radius 3 is 2.71 bits per heavy atom. The molecule has 1 N–H and O–H groups in total. The lowest BCUT2D eigenvalue weighted by Crippen LogP contribution is -2.60. The third kappa shape index (κ3) is 3.36. The Morgan fingerprint density at radius 2 is 2.00 bits per heavy atom. The van der Waals surface area contributed by atoms with Crippen LogP contribution in [0.25, 0.3) is 0 Å². The van der Waals surface area contributed by atoms with Crippen LogP contribution in [0.15, 0.2) is 24.3 Å². The minimum Gasteiger partial charge on any atom is -0.382 e. The van der Waals surface area contributed by atoms with Gasteiger partial charge in [0, 0.05) is 30.9 Å². The molecule has 0 aromatic heterocycles. The molecular formula is C18H26ClN3O2. The minimum absolute atomic E-state index is 0. The topological polar surface area (TPSA) is 52.7 Å². The molecule has 2 saturated heterocycles. The zero-order valence-electron chi connectivity index (χ0n) is 14.5. The van der Waals surface area contributed by atoms with Crippen molar-refractivity contribution in [1.82, 2.24) is 9.80 Å². The molecular weight excluding hydrogens is 326 g/mol. The summed E-state index contributed by atoms with van der Waals surface area (Å²) in [6.07, 6.45) is 2.03. The number of halogens is 1. The van der Waals surface area contributed by atoms with Crippen LogP contribution in [-0.2, 0) is 4.79 Å². The van der Waals surface area contributed by atoms with Crippen LogP contribution in [-0.4, -0.2) is 52.8 Å². The number of carbonyl (C=O) groups is 2. The second-order valence-electron chi connectivity index (χ2n) is 6.81. The number of para-hydroxylation sites is 1. The Hall–Kier alpha value is -1.75. The van der Waals surface area contributed by atoms with Crippen molar-refractivity contribution in [2.45, 2.75) is 51.7 Å². The number of amides is 2. The first kappa shape index (κ1) is 18.6. The predicted octanol–water partition coefficient (Wildman–Crippen LogP) is 2.76. The van der Waals surface area contributed by atoms with Crippen molar-refractivity contribution < 1.29 is 9.59 Å². The summed E-state index contributed by atoms with van der Waals surface area (Å²) >= 11 is 0. The van der Waals surface area contributed by atoms with Crippen molar-refractivity contribution in [1.29, 1.82) is 0 Å². The minimum atomic E-state index is -0.385. The average molecular weight is 352 g/mol. The van der Waals surface area contributed by atoms with Crippen molar-refractivity contribution in [2.24, 2.45) is 0 Å². The number of nitrogens with zero attached hydrogens (tertiary/aromatic N) is 2. The zero-order valence-corrected chi connectivity index (χ0v) is 15.3. The standard InChI is InChI=1S/C18H25N3O2.ClH/c1-12(2)19-16-9-5-4-8-15(16)18(23)21-11-14-7-6-10-20(14)17(22)13(21)3;/h4-5,8-9,12-14,19H,6-7,10-11H2,1-3H3;1H/t13-,14-;/m0./s1. The van der Waals surface area contributed by atoms with Crippen LogP contribution in [0.1, 0.15) is 44.0 Å². The van der Waals surface area contributed by atoms with E-state index in [1.54, 1.807) is 4.90 Å². The Morgan fingerprint density at radius 1 is 1.29 bits per heavy atom. The van der Waals surface area contributed by atoms with Crippen LogP contribution >= 0.6 is 12.4 Å². The molecule has 2 aliphatic rings. The van der Waals surface area contributed by atoms with E-state index in [1.807, 2.05) is 49.9 Å². The molecule has 0 saturated carbocycles. The van der Waals surface area contributed by atoms with Crippen molar-refractivity contribution in [3.05, 3.63) is 29.8 Å². The fraction of sp³-hybridized carbons (Fsp3) is 0.556. The molecule has 2 fully saturated rings. The summed E-state index contributed by atoms with van der Waals surface area (Å²) in [5.74, 6) is 0.0301. The Bertz CT molecular complexity index is 620. The maximum Gasteiger partial charge on any atom is 0.256 e. The van der Waals surface area contributed by atoms with Crippen LogP contribution in [0.3, 0.4) is 0 Å². The largest absolute Gasteiger partial charge is 0.382 e. The van der Waals surface area contributed by atoms with Gasteiger partial charge in [-0.3, -0.25) is 9.59 Å². The maximum absolute atomic E-state index is 13.1. The van der Waals surface area contributed by atoms with Crippen molar-refractivity contribution in [2.75, 3.05) is 18.4 Å². The molecule has 2 aliphatic heterocycles. The number of anilines is 1. The normalized spacial score (nSPS) is 23.1. The van der Waals surface area contributed by atoms with Gasteiger partial charge in [0.25, 0.3) is 5.91 Å². The molecule has 0 bridgehead atoms. The number of carbonyl (C=O) groups excluding carboxylic acids is 2. The highest BCUT2D eigenvalue weighted by atomic mass is 35.5. The van der Waals surface area contributed by atoms with E-state index in [4.69, 9.17) is 0 Å². The molecule has 132 valence electrons. The van der Waals surface area contributed by atoms with Crippen molar-refractivity contribution in [3.8, 4) is 0 Å². The number of benzene rings is 1. The number of hydrogen-bond donors (Lipinski definition) is 1. The zero-order chi connectivity index (χ0) is 16.6. The highest BCUT2D eigenvalue weighted by Gasteiger charge is 2.42. The lowest BCUT2D eigenvalue weighted by molar-refractivity contribution is -0.141. The Labute approximate surface area is 149 Å². The molecule has 2 heterocycles. The van der Waals surface area contributed by atoms with E-state index >= 15 is 0 Å². The number of rotatable bonds is 3. The fourth-order valence-corrected chi connectivity index (χ4v) is 3.59. The first-order chi connectivity index (χ1) is 11.0. The van der Waals surface area contributed by atoms with Crippen LogP contribution in [0.2, 0.25) is 0 Å². The van der Waals surface area contributed by atoms with Crippen LogP contribution in [0.5, 0.6) is 0 Å². The lowest BCUT2D eigenvalue weighted by Gasteiger charge is -2.41. The van der Waals surface area contributed by atoms with Gasteiger partial charge in [-0.1, -0.05) is 12.1 Å². The highest BCUT2D eigenvalue weighted by molar-refractivity contribution is 6.02. The SMILES string of the molecule is CC(C)Nc1ccccc1C(=O)N1C[C@@H]2CCCN2C(=O)[C@@H]1C.Cl. The molecule has 6 heteroatoms. The molecule has 2 amide bonds. The molecule has 0 unspecified atom stereocenters. The summed E-state index contributed by atoms with van der Waals surface area (Å²) < 4.78 is 0. The molecule has 2 atom stereocenters.